The van der Waals surface area contributed by atoms with E-state index in [1.165, 1.54) is 11.3 Å². The van der Waals surface area contributed by atoms with Gasteiger partial charge in [0, 0.05) is 19.1 Å². The lowest BCUT2D eigenvalue weighted by atomic mass is 10.3. The molecule has 1 saturated carbocycles. The van der Waals surface area contributed by atoms with Crippen molar-refractivity contribution in [1.82, 2.24) is 5.32 Å². The van der Waals surface area contributed by atoms with Gasteiger partial charge in [0.25, 0.3) is 5.91 Å². The fourth-order valence-corrected chi connectivity index (χ4v) is 3.32. The van der Waals surface area contributed by atoms with Crippen molar-refractivity contribution >= 4 is 27.9 Å². The van der Waals surface area contributed by atoms with Gasteiger partial charge in [0.15, 0.2) is 5.75 Å². The smallest absolute Gasteiger partial charge is 0.263 e. The monoisotopic (exact) mass is 311 g/mol. The zero-order valence-corrected chi connectivity index (χ0v) is 14.0. The molecule has 0 radical (unpaired) electrons. The van der Waals surface area contributed by atoms with Gasteiger partial charge in [-0.1, -0.05) is 0 Å². The van der Waals surface area contributed by atoms with E-state index in [1.807, 2.05) is 13.8 Å². The van der Waals surface area contributed by atoms with Gasteiger partial charge in [0.1, 0.15) is 15.6 Å². The van der Waals surface area contributed by atoms with E-state index in [0.717, 1.165) is 30.9 Å². The summed E-state index contributed by atoms with van der Waals surface area (Å²) in [6, 6.07) is 0.324. The van der Waals surface area contributed by atoms with E-state index in [4.69, 9.17) is 10.5 Å². The highest BCUT2D eigenvalue weighted by Gasteiger charge is 2.29. The van der Waals surface area contributed by atoms with Crippen LogP contribution in [0.4, 0.5) is 10.7 Å². The first-order chi connectivity index (χ1) is 9.97. The molecule has 0 atom stereocenters. The summed E-state index contributed by atoms with van der Waals surface area (Å²) in [5, 5.41) is 3.95. The zero-order chi connectivity index (χ0) is 15.6. The summed E-state index contributed by atoms with van der Waals surface area (Å²) in [6.07, 6.45) is 2.15. The third kappa shape index (κ3) is 3.61. The van der Waals surface area contributed by atoms with Crippen molar-refractivity contribution in [3.05, 3.63) is 4.88 Å². The fourth-order valence-electron chi connectivity index (χ4n) is 2.13. The molecule has 118 valence electrons. The number of hydrogen-bond donors (Lipinski definition) is 2. The predicted octanol–water partition coefficient (Wildman–Crippen LogP) is 2.86. The molecule has 1 amide bonds. The van der Waals surface area contributed by atoms with E-state index in [0.29, 0.717) is 22.4 Å². The Morgan fingerprint density at radius 3 is 2.52 bits per heavy atom. The molecule has 1 heterocycles. The maximum absolute atomic E-state index is 12.3. The van der Waals surface area contributed by atoms with Crippen LogP contribution in [0.3, 0.4) is 0 Å². The number of carbonyl (C=O) groups is 1. The molecule has 2 rings (SSSR count). The van der Waals surface area contributed by atoms with E-state index in [2.05, 4.69) is 24.1 Å². The van der Waals surface area contributed by atoms with Crippen LogP contribution in [-0.4, -0.2) is 31.1 Å². The summed E-state index contributed by atoms with van der Waals surface area (Å²) in [5.41, 5.74) is 6.66. The Hall–Kier alpha value is -1.43. The Labute approximate surface area is 130 Å². The van der Waals surface area contributed by atoms with Crippen LogP contribution >= 0.6 is 11.3 Å². The number of nitrogens with two attached hydrogens (primary N) is 1. The molecular formula is C15H25N3O2S. The van der Waals surface area contributed by atoms with Gasteiger partial charge in [0.05, 0.1) is 6.10 Å². The number of rotatable bonds is 7. The molecule has 1 fully saturated rings. The van der Waals surface area contributed by atoms with Gasteiger partial charge in [-0.3, -0.25) is 4.79 Å². The Morgan fingerprint density at radius 1 is 1.43 bits per heavy atom. The molecule has 1 aliphatic rings. The van der Waals surface area contributed by atoms with Crippen LogP contribution in [0, 0.1) is 0 Å². The van der Waals surface area contributed by atoms with E-state index < -0.39 is 0 Å². The molecule has 5 nitrogen and oxygen atoms in total. The summed E-state index contributed by atoms with van der Waals surface area (Å²) >= 11 is 1.43. The number of thiophene rings is 1. The minimum Gasteiger partial charge on any atom is -0.486 e. The molecule has 0 unspecified atom stereocenters. The maximum Gasteiger partial charge on any atom is 0.263 e. The molecule has 1 aromatic heterocycles. The first kappa shape index (κ1) is 15.9. The number of hydrogen-bond acceptors (Lipinski definition) is 5. The van der Waals surface area contributed by atoms with Crippen molar-refractivity contribution in [2.45, 2.75) is 52.7 Å². The van der Waals surface area contributed by atoms with Crippen LogP contribution in [0.25, 0.3) is 0 Å². The second-order valence-corrected chi connectivity index (χ2v) is 6.56. The molecule has 3 N–H and O–H groups in total. The second kappa shape index (κ2) is 6.56. The highest BCUT2D eigenvalue weighted by Crippen LogP contribution is 2.45. The normalized spacial score (nSPS) is 14.3. The van der Waals surface area contributed by atoms with Crippen LogP contribution in [0.15, 0.2) is 0 Å². The lowest BCUT2D eigenvalue weighted by molar-refractivity contribution is 0.0955. The van der Waals surface area contributed by atoms with Crippen LogP contribution in [0.2, 0.25) is 0 Å². The Kier molecular flexibility index (Phi) is 4.98. The van der Waals surface area contributed by atoms with E-state index >= 15 is 0 Å². The minimum atomic E-state index is -0.0768. The van der Waals surface area contributed by atoms with Gasteiger partial charge in [0.2, 0.25) is 0 Å². The number of nitrogen functional groups attached to an aromatic ring is 1. The Morgan fingerprint density at radius 2 is 2.05 bits per heavy atom. The zero-order valence-electron chi connectivity index (χ0n) is 13.2. The molecule has 1 aliphatic carbocycles. The molecular weight excluding hydrogens is 286 g/mol. The van der Waals surface area contributed by atoms with Gasteiger partial charge >= 0.3 is 0 Å². The van der Waals surface area contributed by atoms with Crippen molar-refractivity contribution in [3.63, 3.8) is 0 Å². The molecule has 0 saturated heterocycles. The second-order valence-electron chi connectivity index (χ2n) is 5.57. The van der Waals surface area contributed by atoms with Crippen molar-refractivity contribution in [2.24, 2.45) is 0 Å². The highest BCUT2D eigenvalue weighted by molar-refractivity contribution is 7.19. The lowest BCUT2D eigenvalue weighted by Crippen LogP contribution is -2.25. The number of ether oxygens (including phenoxy) is 1. The highest BCUT2D eigenvalue weighted by atomic mass is 32.1. The van der Waals surface area contributed by atoms with Gasteiger partial charge in [-0.25, -0.2) is 0 Å². The molecule has 6 heteroatoms. The van der Waals surface area contributed by atoms with Crippen LogP contribution < -0.4 is 20.7 Å². The number of nitrogens with one attached hydrogen (secondary N) is 1. The third-order valence-electron chi connectivity index (χ3n) is 3.41. The van der Waals surface area contributed by atoms with Crippen LogP contribution in [0.1, 0.15) is 50.2 Å². The van der Waals surface area contributed by atoms with E-state index in [9.17, 15) is 4.79 Å². The molecule has 0 bridgehead atoms. The van der Waals surface area contributed by atoms with Gasteiger partial charge in [-0.05, 0) is 40.5 Å². The lowest BCUT2D eigenvalue weighted by Gasteiger charge is -2.21. The summed E-state index contributed by atoms with van der Waals surface area (Å²) in [7, 11) is 0. The molecule has 0 aromatic carbocycles. The Bertz CT molecular complexity index is 505. The third-order valence-corrected chi connectivity index (χ3v) is 4.65. The first-order valence-electron chi connectivity index (χ1n) is 7.62. The molecule has 0 spiro atoms. The van der Waals surface area contributed by atoms with Crippen LogP contribution in [-0.2, 0) is 0 Å². The van der Waals surface area contributed by atoms with E-state index in [1.54, 1.807) is 0 Å². The Balaban J connectivity index is 2.34. The average Bonchev–Trinajstić information content (AvgIpc) is 3.18. The maximum atomic E-state index is 12.3. The largest absolute Gasteiger partial charge is 0.486 e. The first-order valence-corrected chi connectivity index (χ1v) is 8.44. The number of anilines is 2. The fraction of sp³-hybridized carbons (Fsp3) is 0.667. The SMILES string of the molecule is CCN(CC)c1sc(C(=O)NC2CC2)c(N)c1OC(C)C. The number of carbonyl (C=O) groups excluding carboxylic acids is 1. The van der Waals surface area contributed by atoms with Crippen molar-refractivity contribution in [2.75, 3.05) is 23.7 Å². The van der Waals surface area contributed by atoms with E-state index in [-0.39, 0.29) is 12.0 Å². The van der Waals surface area contributed by atoms with Crippen molar-refractivity contribution < 1.29 is 9.53 Å². The number of nitrogens with zero attached hydrogens (tertiary/aromatic N) is 1. The van der Waals surface area contributed by atoms with Gasteiger partial charge in [-0.2, -0.15) is 0 Å². The molecule has 21 heavy (non-hydrogen) atoms. The minimum absolute atomic E-state index is 0.0237. The summed E-state index contributed by atoms with van der Waals surface area (Å²) in [6.45, 7) is 9.81. The average molecular weight is 311 g/mol. The topological polar surface area (TPSA) is 67.6 Å². The molecule has 0 aliphatic heterocycles. The van der Waals surface area contributed by atoms with Gasteiger partial charge < -0.3 is 20.7 Å². The van der Waals surface area contributed by atoms with Crippen molar-refractivity contribution in [3.8, 4) is 5.75 Å². The molecule has 1 aromatic rings. The summed E-state index contributed by atoms with van der Waals surface area (Å²) in [4.78, 5) is 15.1. The standard InChI is InChI=1S/C15H25N3O2S/c1-5-18(6-2)15-12(20-9(3)4)11(16)13(21-15)14(19)17-10-7-8-10/h9-10H,5-8,16H2,1-4H3,(H,17,19). The summed E-state index contributed by atoms with van der Waals surface area (Å²) in [5.74, 6) is 0.576. The summed E-state index contributed by atoms with van der Waals surface area (Å²) < 4.78 is 5.88. The predicted molar refractivity (Wildman–Crippen MR) is 88.5 cm³/mol. The van der Waals surface area contributed by atoms with Crippen molar-refractivity contribution in [1.29, 1.82) is 0 Å². The van der Waals surface area contributed by atoms with Gasteiger partial charge in [-0.15, -0.1) is 11.3 Å². The van der Waals surface area contributed by atoms with Crippen LogP contribution in [0.5, 0.6) is 5.75 Å². The quantitative estimate of drug-likeness (QED) is 0.812. The number of amides is 1.